The van der Waals surface area contributed by atoms with E-state index >= 15 is 0 Å². The predicted octanol–water partition coefficient (Wildman–Crippen LogP) is 3.47. The fourth-order valence-electron chi connectivity index (χ4n) is 2.23. The molecule has 0 nitrogen and oxygen atoms in total. The van der Waals surface area contributed by atoms with Crippen LogP contribution in [0.25, 0.3) is 0 Å². The van der Waals surface area contributed by atoms with Crippen molar-refractivity contribution in [1.29, 1.82) is 0 Å². The first-order valence-corrected chi connectivity index (χ1v) is 4.61. The molecule has 60 valence electrons. The van der Waals surface area contributed by atoms with Crippen molar-refractivity contribution in [2.45, 2.75) is 47.0 Å². The zero-order valence-corrected chi connectivity index (χ0v) is 7.78. The van der Waals surface area contributed by atoms with Gasteiger partial charge in [0, 0.05) is 0 Å². The van der Waals surface area contributed by atoms with E-state index in [1.54, 1.807) is 0 Å². The maximum Gasteiger partial charge on any atom is -0.0274 e. The Kier molecular flexibility index (Phi) is 2.07. The van der Waals surface area contributed by atoms with Gasteiger partial charge in [0.05, 0.1) is 0 Å². The van der Waals surface area contributed by atoms with E-state index in [0.29, 0.717) is 5.41 Å². The van der Waals surface area contributed by atoms with Crippen molar-refractivity contribution < 1.29 is 0 Å². The smallest absolute Gasteiger partial charge is 0.0274 e. The molecular formula is C10H20. The number of hydrogen-bond acceptors (Lipinski definition) is 0. The standard InChI is InChI=1S/C10H20/c1-5-9-6-7-10(9,4)8(2)3/h8-9H,5-7H2,1-4H3. The van der Waals surface area contributed by atoms with Gasteiger partial charge in [-0.25, -0.2) is 0 Å². The second kappa shape index (κ2) is 2.56. The van der Waals surface area contributed by atoms with Gasteiger partial charge in [0.2, 0.25) is 0 Å². The zero-order chi connectivity index (χ0) is 7.78. The molecule has 0 amide bonds. The minimum atomic E-state index is 0.689. The van der Waals surface area contributed by atoms with E-state index in [9.17, 15) is 0 Å². The Morgan fingerprint density at radius 1 is 1.50 bits per heavy atom. The lowest BCUT2D eigenvalue weighted by molar-refractivity contribution is -0.00143. The van der Waals surface area contributed by atoms with Crippen LogP contribution in [-0.4, -0.2) is 0 Å². The van der Waals surface area contributed by atoms with E-state index in [4.69, 9.17) is 0 Å². The normalized spacial score (nSPS) is 39.9. The molecule has 0 aromatic heterocycles. The topological polar surface area (TPSA) is 0 Å². The van der Waals surface area contributed by atoms with E-state index < -0.39 is 0 Å². The molecule has 2 atom stereocenters. The van der Waals surface area contributed by atoms with Crippen LogP contribution in [0.5, 0.6) is 0 Å². The second-order valence-electron chi connectivity index (χ2n) is 4.30. The average Bonchev–Trinajstić information content (AvgIpc) is 1.85. The molecule has 1 saturated carbocycles. The highest BCUT2D eigenvalue weighted by atomic mass is 14.5. The van der Waals surface area contributed by atoms with Gasteiger partial charge >= 0.3 is 0 Å². The Morgan fingerprint density at radius 2 is 2.10 bits per heavy atom. The van der Waals surface area contributed by atoms with Crippen LogP contribution in [0.4, 0.5) is 0 Å². The van der Waals surface area contributed by atoms with Crippen molar-refractivity contribution in [3.63, 3.8) is 0 Å². The minimum absolute atomic E-state index is 0.689. The first kappa shape index (κ1) is 8.10. The molecule has 0 aromatic rings. The molecule has 0 bridgehead atoms. The van der Waals surface area contributed by atoms with Gasteiger partial charge < -0.3 is 0 Å². The fourth-order valence-corrected chi connectivity index (χ4v) is 2.23. The van der Waals surface area contributed by atoms with Crippen LogP contribution in [-0.2, 0) is 0 Å². The molecule has 0 heterocycles. The van der Waals surface area contributed by atoms with Crippen LogP contribution in [0.2, 0.25) is 0 Å². The molecule has 0 heteroatoms. The Bertz CT molecular complexity index is 113. The van der Waals surface area contributed by atoms with E-state index in [2.05, 4.69) is 27.7 Å². The van der Waals surface area contributed by atoms with Gasteiger partial charge in [-0.1, -0.05) is 34.1 Å². The number of hydrogen-bond donors (Lipinski definition) is 0. The molecule has 1 fully saturated rings. The highest BCUT2D eigenvalue weighted by Crippen LogP contribution is 2.52. The van der Waals surface area contributed by atoms with Gasteiger partial charge in [-0.3, -0.25) is 0 Å². The monoisotopic (exact) mass is 140 g/mol. The molecule has 0 radical (unpaired) electrons. The van der Waals surface area contributed by atoms with Crippen molar-refractivity contribution in [1.82, 2.24) is 0 Å². The third kappa shape index (κ3) is 0.980. The Hall–Kier alpha value is 0. The summed E-state index contributed by atoms with van der Waals surface area (Å²) >= 11 is 0. The van der Waals surface area contributed by atoms with E-state index in [1.165, 1.54) is 19.3 Å². The van der Waals surface area contributed by atoms with Gasteiger partial charge in [-0.15, -0.1) is 0 Å². The van der Waals surface area contributed by atoms with Gasteiger partial charge in [0.25, 0.3) is 0 Å². The van der Waals surface area contributed by atoms with Crippen LogP contribution < -0.4 is 0 Å². The molecule has 0 aliphatic heterocycles. The van der Waals surface area contributed by atoms with E-state index in [0.717, 1.165) is 11.8 Å². The Labute approximate surface area is 65.0 Å². The molecular weight excluding hydrogens is 120 g/mol. The van der Waals surface area contributed by atoms with Crippen LogP contribution in [0.3, 0.4) is 0 Å². The fraction of sp³-hybridized carbons (Fsp3) is 1.00. The third-order valence-electron chi connectivity index (χ3n) is 3.78. The first-order valence-electron chi connectivity index (χ1n) is 4.61. The highest BCUT2D eigenvalue weighted by Gasteiger charge is 2.43. The average molecular weight is 140 g/mol. The van der Waals surface area contributed by atoms with Gasteiger partial charge in [0.15, 0.2) is 0 Å². The Balaban J connectivity index is 2.52. The van der Waals surface area contributed by atoms with Crippen molar-refractivity contribution in [2.24, 2.45) is 17.3 Å². The molecule has 1 aliphatic rings. The van der Waals surface area contributed by atoms with Crippen molar-refractivity contribution >= 4 is 0 Å². The van der Waals surface area contributed by atoms with Crippen LogP contribution in [0, 0.1) is 17.3 Å². The summed E-state index contributed by atoms with van der Waals surface area (Å²) in [5.74, 6) is 1.90. The third-order valence-corrected chi connectivity index (χ3v) is 3.78. The molecule has 0 spiro atoms. The summed E-state index contributed by atoms with van der Waals surface area (Å²) in [6.45, 7) is 9.50. The van der Waals surface area contributed by atoms with Crippen molar-refractivity contribution in [3.8, 4) is 0 Å². The first-order chi connectivity index (χ1) is 4.61. The Morgan fingerprint density at radius 3 is 2.20 bits per heavy atom. The summed E-state index contributed by atoms with van der Waals surface area (Å²) in [5.41, 5.74) is 0.689. The van der Waals surface area contributed by atoms with E-state index in [1.807, 2.05) is 0 Å². The lowest BCUT2D eigenvalue weighted by atomic mass is 9.55. The molecule has 10 heavy (non-hydrogen) atoms. The summed E-state index contributed by atoms with van der Waals surface area (Å²) in [7, 11) is 0. The highest BCUT2D eigenvalue weighted by molar-refractivity contribution is 4.93. The van der Waals surface area contributed by atoms with Gasteiger partial charge in [-0.05, 0) is 30.1 Å². The van der Waals surface area contributed by atoms with Crippen LogP contribution in [0.15, 0.2) is 0 Å². The predicted molar refractivity (Wildman–Crippen MR) is 46.0 cm³/mol. The minimum Gasteiger partial charge on any atom is -0.0651 e. The van der Waals surface area contributed by atoms with Gasteiger partial charge in [-0.2, -0.15) is 0 Å². The van der Waals surface area contributed by atoms with Crippen LogP contribution in [0.1, 0.15) is 47.0 Å². The summed E-state index contributed by atoms with van der Waals surface area (Å²) in [6.07, 6.45) is 4.32. The maximum atomic E-state index is 2.45. The molecule has 0 saturated heterocycles. The number of rotatable bonds is 2. The van der Waals surface area contributed by atoms with Gasteiger partial charge in [0.1, 0.15) is 0 Å². The SMILES string of the molecule is CCC1CCC1(C)C(C)C. The summed E-state index contributed by atoms with van der Waals surface area (Å²) in [6, 6.07) is 0. The van der Waals surface area contributed by atoms with Crippen molar-refractivity contribution in [3.05, 3.63) is 0 Å². The summed E-state index contributed by atoms with van der Waals surface area (Å²) in [4.78, 5) is 0. The maximum absolute atomic E-state index is 2.45. The molecule has 1 aliphatic carbocycles. The summed E-state index contributed by atoms with van der Waals surface area (Å²) < 4.78 is 0. The second-order valence-corrected chi connectivity index (χ2v) is 4.30. The van der Waals surface area contributed by atoms with E-state index in [-0.39, 0.29) is 0 Å². The lowest BCUT2D eigenvalue weighted by Gasteiger charge is -2.50. The molecule has 0 aromatic carbocycles. The molecule has 0 N–H and O–H groups in total. The lowest BCUT2D eigenvalue weighted by Crippen LogP contribution is -2.41. The molecule has 1 rings (SSSR count). The van der Waals surface area contributed by atoms with Crippen LogP contribution >= 0.6 is 0 Å². The molecule has 2 unspecified atom stereocenters. The largest absolute Gasteiger partial charge is 0.0651 e. The summed E-state index contributed by atoms with van der Waals surface area (Å²) in [5, 5.41) is 0. The quantitative estimate of drug-likeness (QED) is 0.551. The van der Waals surface area contributed by atoms with Crippen molar-refractivity contribution in [2.75, 3.05) is 0 Å². The zero-order valence-electron chi connectivity index (χ0n) is 7.78.